The highest BCUT2D eigenvalue weighted by molar-refractivity contribution is 5.96. The second kappa shape index (κ2) is 5.35. The summed E-state index contributed by atoms with van der Waals surface area (Å²) in [5.41, 5.74) is 7.48. The van der Waals surface area contributed by atoms with Gasteiger partial charge >= 0.3 is 0 Å². The largest absolute Gasteiger partial charge is 0.397 e. The van der Waals surface area contributed by atoms with Gasteiger partial charge in [0.1, 0.15) is 0 Å². The summed E-state index contributed by atoms with van der Waals surface area (Å²) in [6.45, 7) is 3.88. The molecule has 0 unspecified atom stereocenters. The number of likely N-dealkylation sites (tertiary alicyclic amines) is 1. The number of carbonyl (C=O) groups excluding carboxylic acids is 1. The third-order valence-electron chi connectivity index (χ3n) is 3.41. The number of carbonyl (C=O) groups is 1. The molecule has 2 rings (SSSR count). The molecule has 2 heterocycles. The summed E-state index contributed by atoms with van der Waals surface area (Å²) in [6, 6.07) is 1.95. The average molecular weight is 248 g/mol. The van der Waals surface area contributed by atoms with Crippen LogP contribution in [0.25, 0.3) is 0 Å². The molecule has 0 aromatic carbocycles. The smallest absolute Gasteiger partial charge is 0.253 e. The minimum Gasteiger partial charge on any atom is -0.397 e. The van der Waals surface area contributed by atoms with Crippen molar-refractivity contribution in [2.45, 2.75) is 25.8 Å². The van der Waals surface area contributed by atoms with E-state index in [1.807, 2.05) is 6.92 Å². The lowest BCUT2D eigenvalue weighted by Crippen LogP contribution is -2.43. The van der Waals surface area contributed by atoms with E-state index in [0.29, 0.717) is 11.3 Å². The Balaban J connectivity index is 2.01. The van der Waals surface area contributed by atoms with Crippen LogP contribution in [0, 0.1) is 6.92 Å². The fourth-order valence-electron chi connectivity index (χ4n) is 2.20. The molecule has 1 amide bonds. The first kappa shape index (κ1) is 12.8. The first-order valence-corrected chi connectivity index (χ1v) is 6.28. The molecule has 0 bridgehead atoms. The number of rotatable bonds is 2. The number of nitrogens with two attached hydrogens (primary N) is 1. The van der Waals surface area contributed by atoms with E-state index < -0.39 is 0 Å². The second-order valence-corrected chi connectivity index (χ2v) is 4.95. The molecule has 0 saturated carbocycles. The Labute approximate surface area is 107 Å². The van der Waals surface area contributed by atoms with Crippen LogP contribution in [0.1, 0.15) is 28.9 Å². The Kier molecular flexibility index (Phi) is 3.81. The molecule has 5 heteroatoms. The molecule has 18 heavy (non-hydrogen) atoms. The highest BCUT2D eigenvalue weighted by atomic mass is 16.1. The van der Waals surface area contributed by atoms with E-state index in [2.05, 4.69) is 22.2 Å². The maximum Gasteiger partial charge on any atom is 0.253 e. The highest BCUT2D eigenvalue weighted by Gasteiger charge is 2.20. The van der Waals surface area contributed by atoms with Crippen LogP contribution in [0.4, 0.5) is 5.69 Å². The number of anilines is 1. The molecular weight excluding hydrogens is 228 g/mol. The third-order valence-corrected chi connectivity index (χ3v) is 3.41. The number of hydrogen-bond donors (Lipinski definition) is 2. The number of aryl methyl sites for hydroxylation is 1. The van der Waals surface area contributed by atoms with Gasteiger partial charge in [-0.1, -0.05) is 0 Å². The van der Waals surface area contributed by atoms with Crippen LogP contribution in [-0.4, -0.2) is 42.0 Å². The number of hydrogen-bond acceptors (Lipinski definition) is 4. The van der Waals surface area contributed by atoms with Crippen molar-refractivity contribution in [3.05, 3.63) is 23.5 Å². The van der Waals surface area contributed by atoms with Gasteiger partial charge in [-0.25, -0.2) is 0 Å². The molecule has 5 nitrogen and oxygen atoms in total. The van der Waals surface area contributed by atoms with Crippen LogP contribution in [0.15, 0.2) is 12.3 Å². The van der Waals surface area contributed by atoms with E-state index in [1.54, 1.807) is 12.3 Å². The Morgan fingerprint density at radius 2 is 2.17 bits per heavy atom. The first-order chi connectivity index (χ1) is 8.56. The molecule has 1 aromatic heterocycles. The zero-order chi connectivity index (χ0) is 13.1. The third kappa shape index (κ3) is 2.98. The number of pyridine rings is 1. The number of piperidine rings is 1. The zero-order valence-electron chi connectivity index (χ0n) is 10.9. The van der Waals surface area contributed by atoms with Crippen LogP contribution in [-0.2, 0) is 0 Å². The number of nitrogen functional groups attached to an aromatic ring is 1. The van der Waals surface area contributed by atoms with E-state index >= 15 is 0 Å². The molecule has 1 fully saturated rings. The fraction of sp³-hybridized carbons (Fsp3) is 0.538. The van der Waals surface area contributed by atoms with Crippen molar-refractivity contribution >= 4 is 11.6 Å². The van der Waals surface area contributed by atoms with Crippen LogP contribution < -0.4 is 11.1 Å². The quantitative estimate of drug-likeness (QED) is 0.812. The molecule has 0 spiro atoms. The van der Waals surface area contributed by atoms with E-state index in [-0.39, 0.29) is 11.9 Å². The SMILES string of the molecule is Cc1ncc(N)cc1C(=O)NC1CCN(C)CC1. The van der Waals surface area contributed by atoms with Gasteiger partial charge in [0.15, 0.2) is 0 Å². The van der Waals surface area contributed by atoms with Crippen molar-refractivity contribution in [2.75, 3.05) is 25.9 Å². The minimum absolute atomic E-state index is 0.0677. The number of nitrogens with one attached hydrogen (secondary N) is 1. The first-order valence-electron chi connectivity index (χ1n) is 6.28. The molecule has 1 saturated heterocycles. The number of aromatic nitrogens is 1. The van der Waals surface area contributed by atoms with Gasteiger partial charge in [-0.05, 0) is 46.0 Å². The van der Waals surface area contributed by atoms with E-state index in [9.17, 15) is 4.79 Å². The Morgan fingerprint density at radius 1 is 1.50 bits per heavy atom. The number of amides is 1. The van der Waals surface area contributed by atoms with Crippen molar-refractivity contribution in [3.63, 3.8) is 0 Å². The molecule has 3 N–H and O–H groups in total. The molecule has 0 aliphatic carbocycles. The van der Waals surface area contributed by atoms with Crippen LogP contribution in [0.3, 0.4) is 0 Å². The van der Waals surface area contributed by atoms with Crippen molar-refractivity contribution in [3.8, 4) is 0 Å². The summed E-state index contributed by atoms with van der Waals surface area (Å²) in [5, 5.41) is 3.06. The lowest BCUT2D eigenvalue weighted by Gasteiger charge is -2.29. The molecule has 1 aliphatic heterocycles. The molecule has 98 valence electrons. The summed E-state index contributed by atoms with van der Waals surface area (Å²) in [6.07, 6.45) is 3.57. The van der Waals surface area contributed by atoms with Crippen LogP contribution in [0.5, 0.6) is 0 Å². The van der Waals surface area contributed by atoms with Crippen molar-refractivity contribution in [1.29, 1.82) is 0 Å². The predicted molar refractivity (Wildman–Crippen MR) is 71.4 cm³/mol. The van der Waals surface area contributed by atoms with Gasteiger partial charge in [0, 0.05) is 6.04 Å². The van der Waals surface area contributed by atoms with Gasteiger partial charge in [-0.15, -0.1) is 0 Å². The topological polar surface area (TPSA) is 71.2 Å². The standard InChI is InChI=1S/C13H20N4O/c1-9-12(7-10(14)8-15-9)13(18)16-11-3-5-17(2)6-4-11/h7-8,11H,3-6,14H2,1-2H3,(H,16,18). The summed E-state index contributed by atoms with van der Waals surface area (Å²) in [7, 11) is 2.10. The lowest BCUT2D eigenvalue weighted by atomic mass is 10.0. The maximum atomic E-state index is 12.1. The van der Waals surface area contributed by atoms with Gasteiger partial charge in [0.2, 0.25) is 0 Å². The van der Waals surface area contributed by atoms with Crippen molar-refractivity contribution in [2.24, 2.45) is 0 Å². The predicted octanol–water partition coefficient (Wildman–Crippen LogP) is 0.796. The van der Waals surface area contributed by atoms with Crippen molar-refractivity contribution in [1.82, 2.24) is 15.2 Å². The second-order valence-electron chi connectivity index (χ2n) is 4.95. The summed E-state index contributed by atoms with van der Waals surface area (Å²) in [4.78, 5) is 18.5. The Bertz CT molecular complexity index is 439. The molecule has 1 aliphatic rings. The summed E-state index contributed by atoms with van der Waals surface area (Å²) < 4.78 is 0. The van der Waals surface area contributed by atoms with Gasteiger partial charge < -0.3 is 16.0 Å². The van der Waals surface area contributed by atoms with Gasteiger partial charge in [0.05, 0.1) is 23.1 Å². The van der Waals surface area contributed by atoms with E-state index in [4.69, 9.17) is 5.73 Å². The Morgan fingerprint density at radius 3 is 2.83 bits per heavy atom. The number of nitrogens with zero attached hydrogens (tertiary/aromatic N) is 2. The van der Waals surface area contributed by atoms with Gasteiger partial charge in [0.25, 0.3) is 5.91 Å². The molecule has 0 radical (unpaired) electrons. The monoisotopic (exact) mass is 248 g/mol. The average Bonchev–Trinajstić information content (AvgIpc) is 2.35. The van der Waals surface area contributed by atoms with Crippen LogP contribution >= 0.6 is 0 Å². The lowest BCUT2D eigenvalue weighted by molar-refractivity contribution is 0.0916. The van der Waals surface area contributed by atoms with E-state index in [1.165, 1.54) is 0 Å². The van der Waals surface area contributed by atoms with Crippen molar-refractivity contribution < 1.29 is 4.79 Å². The summed E-state index contributed by atoms with van der Waals surface area (Å²) >= 11 is 0. The minimum atomic E-state index is -0.0677. The van der Waals surface area contributed by atoms with E-state index in [0.717, 1.165) is 31.6 Å². The molecule has 1 aromatic rings. The van der Waals surface area contributed by atoms with Gasteiger partial charge in [-0.2, -0.15) is 0 Å². The zero-order valence-corrected chi connectivity index (χ0v) is 10.9. The van der Waals surface area contributed by atoms with Gasteiger partial charge in [-0.3, -0.25) is 9.78 Å². The molecule has 0 atom stereocenters. The fourth-order valence-corrected chi connectivity index (χ4v) is 2.20. The molecular formula is C13H20N4O. The summed E-state index contributed by atoms with van der Waals surface area (Å²) in [5.74, 6) is -0.0677. The Hall–Kier alpha value is -1.62. The van der Waals surface area contributed by atoms with Crippen LogP contribution in [0.2, 0.25) is 0 Å². The normalized spacial score (nSPS) is 17.7. The maximum absolute atomic E-state index is 12.1. The highest BCUT2D eigenvalue weighted by Crippen LogP contribution is 2.12.